The summed E-state index contributed by atoms with van der Waals surface area (Å²) in [5, 5.41) is 2.98. The zero-order valence-corrected chi connectivity index (χ0v) is 16.8. The lowest BCUT2D eigenvalue weighted by Crippen LogP contribution is -2.43. The van der Waals surface area contributed by atoms with E-state index in [2.05, 4.69) is 5.32 Å². The van der Waals surface area contributed by atoms with Crippen LogP contribution in [0.4, 0.5) is 4.39 Å². The first kappa shape index (κ1) is 20.7. The predicted octanol–water partition coefficient (Wildman–Crippen LogP) is 3.82. The van der Waals surface area contributed by atoms with Crippen LogP contribution in [0.2, 0.25) is 0 Å². The number of hydrogen-bond donors (Lipinski definition) is 1. The third-order valence-electron chi connectivity index (χ3n) is 4.53. The van der Waals surface area contributed by atoms with Crippen LogP contribution in [0, 0.1) is 12.7 Å². The summed E-state index contributed by atoms with van der Waals surface area (Å²) in [5.41, 5.74) is 1.40. The van der Waals surface area contributed by atoms with Crippen molar-refractivity contribution < 1.29 is 23.5 Å². The van der Waals surface area contributed by atoms with Crippen LogP contribution in [0.25, 0.3) is 10.1 Å². The number of hydrogen-bond acceptors (Lipinski definition) is 5. The summed E-state index contributed by atoms with van der Waals surface area (Å²) in [6.45, 7) is 2.52. The molecule has 0 radical (unpaired) electrons. The summed E-state index contributed by atoms with van der Waals surface area (Å²) in [4.78, 5) is 36.7. The number of fused-ring (bicyclic) bond motifs is 1. The fraction of sp³-hybridized carbons (Fsp3) is 0.227. The zero-order chi connectivity index (χ0) is 21.0. The molecule has 3 aromatic rings. The molecule has 5 nitrogen and oxygen atoms in total. The normalized spacial score (nSPS) is 11.8. The molecular weight excluding hydrogens is 393 g/mol. The summed E-state index contributed by atoms with van der Waals surface area (Å²) in [6, 6.07) is 13.2. The van der Waals surface area contributed by atoms with Crippen molar-refractivity contribution in [1.29, 1.82) is 0 Å². The summed E-state index contributed by atoms with van der Waals surface area (Å²) in [6.07, 6.45) is 0.352. The quantitative estimate of drug-likeness (QED) is 0.598. The maximum atomic E-state index is 14.0. The van der Waals surface area contributed by atoms with Crippen LogP contribution in [-0.2, 0) is 20.7 Å². The van der Waals surface area contributed by atoms with Crippen LogP contribution >= 0.6 is 11.3 Å². The van der Waals surface area contributed by atoms with Gasteiger partial charge in [-0.3, -0.25) is 9.59 Å². The average Bonchev–Trinajstić information content (AvgIpc) is 3.04. The van der Waals surface area contributed by atoms with Gasteiger partial charge in [0.05, 0.1) is 6.04 Å². The third kappa shape index (κ3) is 4.86. The highest BCUT2D eigenvalue weighted by Gasteiger charge is 2.22. The maximum Gasteiger partial charge on any atom is 0.349 e. The Morgan fingerprint density at radius 2 is 1.83 bits per heavy atom. The van der Waals surface area contributed by atoms with Crippen molar-refractivity contribution >= 4 is 39.1 Å². The minimum Gasteiger partial charge on any atom is -0.451 e. The molecule has 1 atom stereocenters. The summed E-state index contributed by atoms with van der Waals surface area (Å²) in [5.74, 6) is -1.86. The van der Waals surface area contributed by atoms with Gasteiger partial charge in [0.2, 0.25) is 0 Å². The van der Waals surface area contributed by atoms with E-state index in [1.165, 1.54) is 13.0 Å². The van der Waals surface area contributed by atoms with E-state index >= 15 is 0 Å². The number of ketones is 1. The minimum atomic E-state index is -0.705. The van der Waals surface area contributed by atoms with E-state index in [0.29, 0.717) is 22.1 Å². The molecule has 3 rings (SSSR count). The Labute approximate surface area is 171 Å². The molecule has 0 bridgehead atoms. The van der Waals surface area contributed by atoms with Crippen molar-refractivity contribution in [2.75, 3.05) is 6.61 Å². The molecule has 1 aromatic heterocycles. The Kier molecular flexibility index (Phi) is 6.39. The molecule has 1 heterocycles. The molecular formula is C22H20FNO4S. The lowest BCUT2D eigenvalue weighted by molar-refractivity contribution is -0.128. The third-order valence-corrected chi connectivity index (χ3v) is 5.77. The van der Waals surface area contributed by atoms with Gasteiger partial charge in [-0.1, -0.05) is 36.4 Å². The second-order valence-electron chi connectivity index (χ2n) is 6.67. The number of ether oxygens (including phenoxy) is 1. The molecule has 1 N–H and O–H groups in total. The monoisotopic (exact) mass is 413 g/mol. The Morgan fingerprint density at radius 3 is 2.48 bits per heavy atom. The van der Waals surface area contributed by atoms with Crippen LogP contribution in [0.1, 0.15) is 27.7 Å². The van der Waals surface area contributed by atoms with Crippen molar-refractivity contribution in [2.45, 2.75) is 26.3 Å². The van der Waals surface area contributed by atoms with E-state index in [1.807, 2.05) is 30.3 Å². The molecule has 0 saturated heterocycles. The number of aryl methyl sites for hydroxylation is 1. The molecule has 0 aliphatic carbocycles. The van der Waals surface area contributed by atoms with Crippen LogP contribution in [0.15, 0.2) is 48.5 Å². The van der Waals surface area contributed by atoms with Crippen molar-refractivity contribution in [3.8, 4) is 0 Å². The fourth-order valence-corrected chi connectivity index (χ4v) is 4.14. The van der Waals surface area contributed by atoms with Crippen molar-refractivity contribution in [3.05, 3.63) is 70.4 Å². The van der Waals surface area contributed by atoms with E-state index in [9.17, 15) is 18.8 Å². The Balaban J connectivity index is 1.62. The number of benzene rings is 2. The average molecular weight is 413 g/mol. The number of esters is 1. The highest BCUT2D eigenvalue weighted by atomic mass is 32.1. The van der Waals surface area contributed by atoms with Crippen LogP contribution < -0.4 is 5.32 Å². The molecule has 150 valence electrons. The lowest BCUT2D eigenvalue weighted by Gasteiger charge is -2.16. The van der Waals surface area contributed by atoms with E-state index in [-0.39, 0.29) is 10.7 Å². The maximum absolute atomic E-state index is 14.0. The number of amides is 1. The van der Waals surface area contributed by atoms with Crippen molar-refractivity contribution in [1.82, 2.24) is 5.32 Å². The molecule has 0 unspecified atom stereocenters. The number of thiophene rings is 1. The highest BCUT2D eigenvalue weighted by Crippen LogP contribution is 2.32. The van der Waals surface area contributed by atoms with Gasteiger partial charge < -0.3 is 10.1 Å². The largest absolute Gasteiger partial charge is 0.451 e. The smallest absolute Gasteiger partial charge is 0.349 e. The minimum absolute atomic E-state index is 0.190. The number of halogens is 1. The van der Waals surface area contributed by atoms with Gasteiger partial charge in [0.25, 0.3) is 5.91 Å². The highest BCUT2D eigenvalue weighted by molar-refractivity contribution is 7.21. The number of Topliss-reactive ketones (excluding diaryl/α,β-unsaturated/α-hetero) is 1. The van der Waals surface area contributed by atoms with Gasteiger partial charge in [-0.25, -0.2) is 9.18 Å². The molecule has 2 aromatic carbocycles. The van der Waals surface area contributed by atoms with Gasteiger partial charge in [0.1, 0.15) is 10.7 Å². The first-order chi connectivity index (χ1) is 13.9. The Hall–Kier alpha value is -3.06. The summed E-state index contributed by atoms with van der Waals surface area (Å²) in [7, 11) is 0. The molecule has 0 saturated carbocycles. The molecule has 0 aliphatic heterocycles. The van der Waals surface area contributed by atoms with E-state index < -0.39 is 30.3 Å². The van der Waals surface area contributed by atoms with Crippen LogP contribution in [-0.4, -0.2) is 30.3 Å². The fourth-order valence-electron chi connectivity index (χ4n) is 3.03. The molecule has 0 spiro atoms. The second-order valence-corrected chi connectivity index (χ2v) is 7.72. The standard InChI is InChI=1S/C22H20FNO4S/c1-13-20-16(23)9-6-10-18(20)29-21(13)22(27)28-12-19(26)24-17(14(2)25)11-15-7-4-3-5-8-15/h3-10,17H,11-12H2,1-2H3,(H,24,26)/t17-/m1/s1. The van der Waals surface area contributed by atoms with E-state index in [0.717, 1.165) is 16.9 Å². The van der Waals surface area contributed by atoms with Crippen molar-refractivity contribution in [2.24, 2.45) is 0 Å². The van der Waals surface area contributed by atoms with Gasteiger partial charge in [0, 0.05) is 10.1 Å². The Bertz CT molecular complexity index is 1060. The first-order valence-electron chi connectivity index (χ1n) is 9.05. The summed E-state index contributed by atoms with van der Waals surface area (Å²) >= 11 is 1.12. The molecule has 1 amide bonds. The van der Waals surface area contributed by atoms with Gasteiger partial charge in [0.15, 0.2) is 12.4 Å². The predicted molar refractivity (Wildman–Crippen MR) is 110 cm³/mol. The number of nitrogens with one attached hydrogen (secondary N) is 1. The van der Waals surface area contributed by atoms with E-state index in [4.69, 9.17) is 4.74 Å². The first-order valence-corrected chi connectivity index (χ1v) is 9.87. The van der Waals surface area contributed by atoms with Crippen LogP contribution in [0.3, 0.4) is 0 Å². The zero-order valence-electron chi connectivity index (χ0n) is 16.0. The number of rotatable bonds is 7. The Morgan fingerprint density at radius 1 is 1.10 bits per heavy atom. The summed E-state index contributed by atoms with van der Waals surface area (Å²) < 4.78 is 19.7. The van der Waals surface area contributed by atoms with Crippen LogP contribution in [0.5, 0.6) is 0 Å². The van der Waals surface area contributed by atoms with Gasteiger partial charge in [-0.05, 0) is 43.5 Å². The number of carbonyl (C=O) groups excluding carboxylic acids is 3. The second kappa shape index (κ2) is 8.96. The molecule has 0 aliphatic rings. The van der Waals surface area contributed by atoms with Gasteiger partial charge in [-0.2, -0.15) is 0 Å². The number of carbonyl (C=O) groups is 3. The van der Waals surface area contributed by atoms with Gasteiger partial charge >= 0.3 is 5.97 Å². The molecule has 7 heteroatoms. The topological polar surface area (TPSA) is 72.5 Å². The molecule has 29 heavy (non-hydrogen) atoms. The SMILES string of the molecule is CC(=O)[C@@H](Cc1ccccc1)NC(=O)COC(=O)c1sc2cccc(F)c2c1C. The lowest BCUT2D eigenvalue weighted by atomic mass is 10.0. The van der Waals surface area contributed by atoms with Crippen molar-refractivity contribution in [3.63, 3.8) is 0 Å². The van der Waals surface area contributed by atoms with E-state index in [1.54, 1.807) is 19.1 Å². The van der Waals surface area contributed by atoms with Gasteiger partial charge in [-0.15, -0.1) is 11.3 Å². The molecule has 0 fully saturated rings.